The van der Waals surface area contributed by atoms with Crippen molar-refractivity contribution in [2.24, 2.45) is 0 Å². The fourth-order valence-corrected chi connectivity index (χ4v) is 4.91. The molecule has 8 heteroatoms. The van der Waals surface area contributed by atoms with E-state index in [1.54, 1.807) is 12.1 Å². The number of carbonyl (C=O) groups excluding carboxylic acids is 1. The number of nitrogens with one attached hydrogen (secondary N) is 1. The first-order chi connectivity index (χ1) is 12.4. The van der Waals surface area contributed by atoms with Gasteiger partial charge in [-0.2, -0.15) is 0 Å². The molecule has 0 spiro atoms. The Hall–Kier alpha value is -2.74. The lowest BCUT2D eigenvalue weighted by atomic mass is 10.2. The van der Waals surface area contributed by atoms with Gasteiger partial charge in [0, 0.05) is 23.4 Å². The van der Waals surface area contributed by atoms with Crippen LogP contribution in [0.4, 0.5) is 11.4 Å². The van der Waals surface area contributed by atoms with Crippen molar-refractivity contribution in [3.05, 3.63) is 64.2 Å². The molecule has 1 aliphatic carbocycles. The molecule has 0 heterocycles. The van der Waals surface area contributed by atoms with Gasteiger partial charge in [-0.3, -0.25) is 14.9 Å². The Morgan fingerprint density at radius 3 is 2.12 bits per heavy atom. The van der Waals surface area contributed by atoms with Gasteiger partial charge in [0.1, 0.15) is 0 Å². The second-order valence-corrected chi connectivity index (χ2v) is 8.46. The van der Waals surface area contributed by atoms with Gasteiger partial charge in [0.15, 0.2) is 9.84 Å². The molecule has 2 aromatic rings. The molecule has 136 valence electrons. The largest absolute Gasteiger partial charge is 0.322 e. The minimum Gasteiger partial charge on any atom is -0.322 e. The Bertz CT molecular complexity index is 915. The van der Waals surface area contributed by atoms with Crippen LogP contribution in [0.25, 0.3) is 0 Å². The summed E-state index contributed by atoms with van der Waals surface area (Å²) >= 11 is 0. The number of nitro benzene ring substituents is 1. The van der Waals surface area contributed by atoms with Gasteiger partial charge in [0.2, 0.25) is 0 Å². The minimum atomic E-state index is -3.33. The number of carbonyl (C=O) groups is 1. The Morgan fingerprint density at radius 1 is 1.00 bits per heavy atom. The molecule has 0 unspecified atom stereocenters. The number of rotatable bonds is 5. The van der Waals surface area contributed by atoms with Crippen molar-refractivity contribution < 1.29 is 18.1 Å². The summed E-state index contributed by atoms with van der Waals surface area (Å²) in [5.74, 6) is -0.425. The molecule has 0 bridgehead atoms. The number of nitrogens with zero attached hydrogens (tertiary/aromatic N) is 1. The maximum absolute atomic E-state index is 12.5. The van der Waals surface area contributed by atoms with E-state index < -0.39 is 20.7 Å². The molecule has 1 fully saturated rings. The maximum atomic E-state index is 12.5. The lowest BCUT2D eigenvalue weighted by Gasteiger charge is -2.12. The number of hydrogen-bond donors (Lipinski definition) is 1. The number of amides is 1. The molecule has 1 N–H and O–H groups in total. The molecule has 1 saturated carbocycles. The SMILES string of the molecule is O=C(Nc1ccc(S(=O)(=O)C2CCCC2)cc1)c1ccc([N+](=O)[O-])cc1. The first-order valence-electron chi connectivity index (χ1n) is 8.28. The minimum absolute atomic E-state index is 0.0944. The Balaban J connectivity index is 1.70. The van der Waals surface area contributed by atoms with E-state index in [9.17, 15) is 23.3 Å². The van der Waals surface area contributed by atoms with Gasteiger partial charge in [-0.05, 0) is 49.2 Å². The summed E-state index contributed by atoms with van der Waals surface area (Å²) < 4.78 is 25.1. The second-order valence-electron chi connectivity index (χ2n) is 6.23. The van der Waals surface area contributed by atoms with Gasteiger partial charge in [0.25, 0.3) is 11.6 Å². The van der Waals surface area contributed by atoms with E-state index in [0.29, 0.717) is 18.5 Å². The predicted octanol–water partition coefficient (Wildman–Crippen LogP) is 3.56. The molecule has 0 aromatic heterocycles. The van der Waals surface area contributed by atoms with Crippen molar-refractivity contribution in [2.75, 3.05) is 5.32 Å². The molecule has 3 rings (SSSR count). The molecular weight excluding hydrogens is 356 g/mol. The Morgan fingerprint density at radius 2 is 1.58 bits per heavy atom. The smallest absolute Gasteiger partial charge is 0.269 e. The van der Waals surface area contributed by atoms with E-state index in [4.69, 9.17) is 0 Å². The van der Waals surface area contributed by atoms with Crippen LogP contribution in [0.15, 0.2) is 53.4 Å². The zero-order valence-corrected chi connectivity index (χ0v) is 14.7. The topological polar surface area (TPSA) is 106 Å². The molecule has 1 aliphatic rings. The number of benzene rings is 2. The summed E-state index contributed by atoms with van der Waals surface area (Å²) in [6.07, 6.45) is 3.27. The first kappa shape index (κ1) is 18.1. The summed E-state index contributed by atoms with van der Waals surface area (Å²) in [6, 6.07) is 11.3. The zero-order valence-electron chi connectivity index (χ0n) is 13.9. The highest BCUT2D eigenvalue weighted by molar-refractivity contribution is 7.92. The van der Waals surface area contributed by atoms with E-state index in [1.807, 2.05) is 0 Å². The summed E-state index contributed by atoms with van der Waals surface area (Å²) in [7, 11) is -3.33. The van der Waals surface area contributed by atoms with E-state index in [1.165, 1.54) is 36.4 Å². The zero-order chi connectivity index (χ0) is 18.7. The van der Waals surface area contributed by atoms with Crippen molar-refractivity contribution >= 4 is 27.1 Å². The van der Waals surface area contributed by atoms with Crippen LogP contribution in [0.5, 0.6) is 0 Å². The highest BCUT2D eigenvalue weighted by Gasteiger charge is 2.30. The summed E-state index contributed by atoms with van der Waals surface area (Å²) in [6.45, 7) is 0. The summed E-state index contributed by atoms with van der Waals surface area (Å²) in [5, 5.41) is 13.0. The maximum Gasteiger partial charge on any atom is 0.269 e. The molecule has 0 radical (unpaired) electrons. The predicted molar refractivity (Wildman–Crippen MR) is 96.9 cm³/mol. The Labute approximate surface area is 151 Å². The van der Waals surface area contributed by atoms with Crippen LogP contribution in [0, 0.1) is 10.1 Å². The van der Waals surface area contributed by atoms with E-state index in [2.05, 4.69) is 5.32 Å². The average Bonchev–Trinajstić information content (AvgIpc) is 3.18. The van der Waals surface area contributed by atoms with Crippen LogP contribution in [-0.4, -0.2) is 24.5 Å². The molecule has 0 atom stereocenters. The van der Waals surface area contributed by atoms with Crippen LogP contribution in [0.1, 0.15) is 36.0 Å². The highest BCUT2D eigenvalue weighted by atomic mass is 32.2. The van der Waals surface area contributed by atoms with Gasteiger partial charge in [0.05, 0.1) is 15.1 Å². The van der Waals surface area contributed by atoms with Crippen LogP contribution < -0.4 is 5.32 Å². The number of hydrogen-bond acceptors (Lipinski definition) is 5. The van der Waals surface area contributed by atoms with Gasteiger partial charge >= 0.3 is 0 Å². The van der Waals surface area contributed by atoms with Crippen LogP contribution in [-0.2, 0) is 9.84 Å². The van der Waals surface area contributed by atoms with Crippen molar-refractivity contribution in [1.29, 1.82) is 0 Å². The van der Waals surface area contributed by atoms with Crippen molar-refractivity contribution in [2.45, 2.75) is 35.8 Å². The van der Waals surface area contributed by atoms with Gasteiger partial charge in [-0.15, -0.1) is 0 Å². The number of non-ortho nitro benzene ring substituents is 1. The third kappa shape index (κ3) is 3.75. The molecule has 26 heavy (non-hydrogen) atoms. The monoisotopic (exact) mass is 374 g/mol. The Kier molecular flexibility index (Phi) is 5.03. The third-order valence-corrected chi connectivity index (χ3v) is 6.80. The van der Waals surface area contributed by atoms with Crippen molar-refractivity contribution in [1.82, 2.24) is 0 Å². The number of sulfone groups is 1. The fraction of sp³-hybridized carbons (Fsp3) is 0.278. The molecule has 7 nitrogen and oxygen atoms in total. The van der Waals surface area contributed by atoms with Crippen LogP contribution >= 0.6 is 0 Å². The molecule has 2 aromatic carbocycles. The molecular formula is C18H18N2O5S. The lowest BCUT2D eigenvalue weighted by Crippen LogP contribution is -2.18. The van der Waals surface area contributed by atoms with E-state index in [-0.39, 0.29) is 21.4 Å². The van der Waals surface area contributed by atoms with Gasteiger partial charge < -0.3 is 5.32 Å². The van der Waals surface area contributed by atoms with Gasteiger partial charge in [-0.1, -0.05) is 12.8 Å². The van der Waals surface area contributed by atoms with Crippen LogP contribution in [0.3, 0.4) is 0 Å². The second kappa shape index (κ2) is 7.25. The lowest BCUT2D eigenvalue weighted by molar-refractivity contribution is -0.384. The summed E-state index contributed by atoms with van der Waals surface area (Å²) in [5.41, 5.74) is 0.639. The van der Waals surface area contributed by atoms with E-state index >= 15 is 0 Å². The standard InChI is InChI=1S/C18H18N2O5S/c21-18(13-5-9-15(10-6-13)20(22)23)19-14-7-11-17(12-8-14)26(24,25)16-3-1-2-4-16/h5-12,16H,1-4H2,(H,19,21). The quantitative estimate of drug-likeness (QED) is 0.636. The molecule has 1 amide bonds. The van der Waals surface area contributed by atoms with E-state index in [0.717, 1.165) is 12.8 Å². The van der Waals surface area contributed by atoms with Crippen molar-refractivity contribution in [3.8, 4) is 0 Å². The first-order valence-corrected chi connectivity index (χ1v) is 9.82. The summed E-state index contributed by atoms with van der Waals surface area (Å²) in [4.78, 5) is 22.5. The normalized spacial score (nSPS) is 14.9. The third-order valence-electron chi connectivity index (χ3n) is 4.52. The number of anilines is 1. The molecule has 0 aliphatic heterocycles. The highest BCUT2D eigenvalue weighted by Crippen LogP contribution is 2.30. The number of nitro groups is 1. The van der Waals surface area contributed by atoms with Gasteiger partial charge in [-0.25, -0.2) is 8.42 Å². The van der Waals surface area contributed by atoms with Crippen LogP contribution in [0.2, 0.25) is 0 Å². The average molecular weight is 374 g/mol. The van der Waals surface area contributed by atoms with Crippen molar-refractivity contribution in [3.63, 3.8) is 0 Å². The molecule has 0 saturated heterocycles. The fourth-order valence-electron chi connectivity index (χ4n) is 3.06.